The lowest BCUT2D eigenvalue weighted by Crippen LogP contribution is -2.30. The minimum absolute atomic E-state index is 0.0279. The summed E-state index contributed by atoms with van der Waals surface area (Å²) in [7, 11) is 0. The van der Waals surface area contributed by atoms with Crippen LogP contribution in [0.3, 0.4) is 0 Å². The van der Waals surface area contributed by atoms with Gasteiger partial charge >= 0.3 is 0 Å². The SMILES string of the molecule is C[C@@H](NCC(=O)Nc1ccccc1C#N)c1ccc(F)c(F)c1. The van der Waals surface area contributed by atoms with Gasteiger partial charge in [-0.15, -0.1) is 0 Å². The van der Waals surface area contributed by atoms with E-state index in [9.17, 15) is 13.6 Å². The Morgan fingerprint density at radius 1 is 1.22 bits per heavy atom. The van der Waals surface area contributed by atoms with Crippen molar-refractivity contribution in [3.05, 3.63) is 65.2 Å². The van der Waals surface area contributed by atoms with Gasteiger partial charge in [-0.3, -0.25) is 4.79 Å². The highest BCUT2D eigenvalue weighted by atomic mass is 19.2. The molecule has 23 heavy (non-hydrogen) atoms. The van der Waals surface area contributed by atoms with Gasteiger partial charge in [-0.05, 0) is 36.8 Å². The third-order valence-electron chi connectivity index (χ3n) is 3.33. The summed E-state index contributed by atoms with van der Waals surface area (Å²) in [4.78, 5) is 11.9. The number of nitrogens with one attached hydrogen (secondary N) is 2. The van der Waals surface area contributed by atoms with Gasteiger partial charge in [0.05, 0.1) is 17.8 Å². The number of hydrogen-bond acceptors (Lipinski definition) is 3. The van der Waals surface area contributed by atoms with Crippen molar-refractivity contribution in [3.8, 4) is 6.07 Å². The summed E-state index contributed by atoms with van der Waals surface area (Å²) in [6.07, 6.45) is 0. The Morgan fingerprint density at radius 3 is 2.65 bits per heavy atom. The molecule has 0 aromatic heterocycles. The van der Waals surface area contributed by atoms with Crippen LogP contribution in [0.1, 0.15) is 24.1 Å². The molecule has 2 aromatic carbocycles. The maximum absolute atomic E-state index is 13.2. The second-order valence-corrected chi connectivity index (χ2v) is 4.98. The summed E-state index contributed by atoms with van der Waals surface area (Å²) in [5.41, 5.74) is 1.34. The highest BCUT2D eigenvalue weighted by Crippen LogP contribution is 2.16. The molecule has 0 unspecified atom stereocenters. The van der Waals surface area contributed by atoms with Gasteiger partial charge in [-0.2, -0.15) is 5.26 Å². The molecule has 0 aliphatic carbocycles. The van der Waals surface area contributed by atoms with Crippen LogP contribution in [0.15, 0.2) is 42.5 Å². The van der Waals surface area contributed by atoms with Crippen LogP contribution in [-0.2, 0) is 4.79 Å². The third kappa shape index (κ3) is 4.34. The summed E-state index contributed by atoms with van der Waals surface area (Å²) < 4.78 is 26.1. The number of amides is 1. The molecular formula is C17H15F2N3O. The van der Waals surface area contributed by atoms with Crippen LogP contribution in [0.5, 0.6) is 0 Å². The van der Waals surface area contributed by atoms with Crippen molar-refractivity contribution in [2.24, 2.45) is 0 Å². The number of benzene rings is 2. The van der Waals surface area contributed by atoms with E-state index in [0.717, 1.165) is 12.1 Å². The molecule has 0 aliphatic heterocycles. The molecule has 0 bridgehead atoms. The Bertz CT molecular complexity index is 756. The zero-order valence-electron chi connectivity index (χ0n) is 12.4. The van der Waals surface area contributed by atoms with Crippen molar-refractivity contribution in [2.75, 3.05) is 11.9 Å². The van der Waals surface area contributed by atoms with Crippen LogP contribution in [-0.4, -0.2) is 12.5 Å². The molecule has 1 amide bonds. The number of hydrogen-bond donors (Lipinski definition) is 2. The smallest absolute Gasteiger partial charge is 0.238 e. The Labute approximate surface area is 132 Å². The zero-order valence-corrected chi connectivity index (χ0v) is 12.4. The first kappa shape index (κ1) is 16.6. The van der Waals surface area contributed by atoms with E-state index in [1.165, 1.54) is 6.07 Å². The molecule has 0 aliphatic rings. The predicted molar refractivity (Wildman–Crippen MR) is 82.6 cm³/mol. The number of halogens is 2. The molecule has 0 heterocycles. The average molecular weight is 315 g/mol. The summed E-state index contributed by atoms with van der Waals surface area (Å²) in [6, 6.07) is 11.9. The Morgan fingerprint density at radius 2 is 1.96 bits per heavy atom. The van der Waals surface area contributed by atoms with Crippen LogP contribution >= 0.6 is 0 Å². The van der Waals surface area contributed by atoms with Gasteiger partial charge in [0.2, 0.25) is 5.91 Å². The van der Waals surface area contributed by atoms with Crippen LogP contribution in [0.2, 0.25) is 0 Å². The number of carbonyl (C=O) groups is 1. The van der Waals surface area contributed by atoms with E-state index in [1.54, 1.807) is 31.2 Å². The van der Waals surface area contributed by atoms with Gasteiger partial charge in [-0.1, -0.05) is 18.2 Å². The summed E-state index contributed by atoms with van der Waals surface area (Å²) in [6.45, 7) is 1.71. The van der Waals surface area contributed by atoms with Gasteiger partial charge in [0.15, 0.2) is 11.6 Å². The number of carbonyl (C=O) groups excluding carboxylic acids is 1. The lowest BCUT2D eigenvalue weighted by atomic mass is 10.1. The standard InChI is InChI=1S/C17H15F2N3O/c1-11(12-6-7-14(18)15(19)8-12)21-10-17(23)22-16-5-3-2-4-13(16)9-20/h2-8,11,21H,10H2,1H3,(H,22,23)/t11-/m1/s1. The van der Waals surface area contributed by atoms with Gasteiger partial charge < -0.3 is 10.6 Å². The monoisotopic (exact) mass is 315 g/mol. The van der Waals surface area contributed by atoms with Crippen molar-refractivity contribution < 1.29 is 13.6 Å². The molecule has 2 aromatic rings. The number of nitrogens with zero attached hydrogens (tertiary/aromatic N) is 1. The number of rotatable bonds is 5. The Hall–Kier alpha value is -2.78. The van der Waals surface area contributed by atoms with Crippen LogP contribution in [0.4, 0.5) is 14.5 Å². The molecule has 0 radical (unpaired) electrons. The van der Waals surface area contributed by atoms with Crippen molar-refractivity contribution in [1.82, 2.24) is 5.32 Å². The molecule has 6 heteroatoms. The highest BCUT2D eigenvalue weighted by molar-refractivity contribution is 5.93. The van der Waals surface area contributed by atoms with E-state index >= 15 is 0 Å². The molecule has 118 valence electrons. The summed E-state index contributed by atoms with van der Waals surface area (Å²) in [5, 5.41) is 14.5. The van der Waals surface area contributed by atoms with E-state index in [2.05, 4.69) is 10.6 Å². The quantitative estimate of drug-likeness (QED) is 0.891. The van der Waals surface area contributed by atoms with E-state index in [0.29, 0.717) is 16.8 Å². The average Bonchev–Trinajstić information content (AvgIpc) is 2.55. The van der Waals surface area contributed by atoms with Crippen LogP contribution < -0.4 is 10.6 Å². The molecule has 4 nitrogen and oxygen atoms in total. The predicted octanol–water partition coefficient (Wildman–Crippen LogP) is 3.13. The normalized spacial score (nSPS) is 11.6. The molecule has 1 atom stereocenters. The second kappa shape index (κ2) is 7.47. The minimum Gasteiger partial charge on any atom is -0.324 e. The lowest BCUT2D eigenvalue weighted by molar-refractivity contribution is -0.115. The highest BCUT2D eigenvalue weighted by Gasteiger charge is 2.11. The molecule has 2 N–H and O–H groups in total. The molecule has 0 fully saturated rings. The van der Waals surface area contributed by atoms with Crippen molar-refractivity contribution >= 4 is 11.6 Å². The van der Waals surface area contributed by atoms with Gasteiger partial charge in [-0.25, -0.2) is 8.78 Å². The fourth-order valence-electron chi connectivity index (χ4n) is 2.03. The van der Waals surface area contributed by atoms with Gasteiger partial charge in [0, 0.05) is 6.04 Å². The lowest BCUT2D eigenvalue weighted by Gasteiger charge is -2.14. The topological polar surface area (TPSA) is 64.9 Å². The fraction of sp³-hybridized carbons (Fsp3) is 0.176. The van der Waals surface area contributed by atoms with Crippen molar-refractivity contribution in [2.45, 2.75) is 13.0 Å². The Balaban J connectivity index is 1.93. The molecular weight excluding hydrogens is 300 g/mol. The van der Waals surface area contributed by atoms with Gasteiger partial charge in [0.1, 0.15) is 6.07 Å². The first-order valence-electron chi connectivity index (χ1n) is 6.98. The molecule has 0 saturated heterocycles. The largest absolute Gasteiger partial charge is 0.324 e. The maximum Gasteiger partial charge on any atom is 0.238 e. The van der Waals surface area contributed by atoms with Crippen LogP contribution in [0.25, 0.3) is 0 Å². The summed E-state index contributed by atoms with van der Waals surface area (Å²) >= 11 is 0. The number of anilines is 1. The van der Waals surface area contributed by atoms with Gasteiger partial charge in [0.25, 0.3) is 0 Å². The van der Waals surface area contributed by atoms with Crippen molar-refractivity contribution in [1.29, 1.82) is 5.26 Å². The number of para-hydroxylation sites is 1. The first-order valence-corrected chi connectivity index (χ1v) is 6.98. The van der Waals surface area contributed by atoms with E-state index < -0.39 is 11.6 Å². The van der Waals surface area contributed by atoms with E-state index in [-0.39, 0.29) is 18.5 Å². The zero-order chi connectivity index (χ0) is 16.8. The first-order chi connectivity index (χ1) is 11.0. The van der Waals surface area contributed by atoms with Crippen LogP contribution in [0, 0.1) is 23.0 Å². The minimum atomic E-state index is -0.927. The fourth-order valence-corrected chi connectivity index (χ4v) is 2.03. The number of nitriles is 1. The van der Waals surface area contributed by atoms with E-state index in [1.807, 2.05) is 6.07 Å². The molecule has 0 spiro atoms. The Kier molecular flexibility index (Phi) is 5.39. The molecule has 0 saturated carbocycles. The van der Waals surface area contributed by atoms with Crippen molar-refractivity contribution in [3.63, 3.8) is 0 Å². The third-order valence-corrected chi connectivity index (χ3v) is 3.33. The summed E-state index contributed by atoms with van der Waals surface area (Å²) in [5.74, 6) is -2.17. The second-order valence-electron chi connectivity index (χ2n) is 4.98. The van der Waals surface area contributed by atoms with E-state index in [4.69, 9.17) is 5.26 Å². The molecule has 2 rings (SSSR count). The maximum atomic E-state index is 13.2.